The molecule has 1 heterocycles. The van der Waals surface area contributed by atoms with Crippen LogP contribution in [0.2, 0.25) is 0 Å². The molecule has 1 atom stereocenters. The van der Waals surface area contributed by atoms with Crippen molar-refractivity contribution in [3.63, 3.8) is 0 Å². The van der Waals surface area contributed by atoms with Crippen LogP contribution in [0.1, 0.15) is 27.9 Å². The number of carbonyl (C=O) groups is 2. The molecule has 182 valence electrons. The summed E-state index contributed by atoms with van der Waals surface area (Å²) in [5, 5.41) is 2.87. The molecule has 0 bridgehead atoms. The summed E-state index contributed by atoms with van der Waals surface area (Å²) in [6, 6.07) is 25.4. The first kappa shape index (κ1) is 24.5. The van der Waals surface area contributed by atoms with E-state index in [1.54, 1.807) is 29.2 Å². The molecule has 0 aromatic heterocycles. The van der Waals surface area contributed by atoms with Crippen LogP contribution in [0.3, 0.4) is 0 Å². The van der Waals surface area contributed by atoms with Crippen LogP contribution in [0.5, 0.6) is 5.75 Å². The number of nitrogens with zero attached hydrogens (tertiary/aromatic N) is 1. The average molecular weight is 493 g/mol. The summed E-state index contributed by atoms with van der Waals surface area (Å²) in [5.41, 5.74) is 2.21. The Morgan fingerprint density at radius 3 is 2.17 bits per heavy atom. The zero-order valence-electron chi connectivity index (χ0n) is 19.3. The fourth-order valence-electron chi connectivity index (χ4n) is 4.10. The predicted molar refractivity (Wildman–Crippen MR) is 134 cm³/mol. The molecular formula is C27H28N2O5S. The minimum Gasteiger partial charge on any atom is -0.483 e. The highest BCUT2D eigenvalue weighted by molar-refractivity contribution is 7.91. The van der Waals surface area contributed by atoms with Crippen molar-refractivity contribution in [2.24, 2.45) is 0 Å². The normalized spacial score (nSPS) is 16.4. The Hall–Kier alpha value is -3.65. The van der Waals surface area contributed by atoms with E-state index in [0.717, 1.165) is 11.1 Å². The second-order valence-corrected chi connectivity index (χ2v) is 10.7. The molecule has 1 aliphatic heterocycles. The van der Waals surface area contributed by atoms with Gasteiger partial charge in [-0.25, -0.2) is 8.42 Å². The van der Waals surface area contributed by atoms with Gasteiger partial charge in [-0.05, 0) is 29.7 Å². The van der Waals surface area contributed by atoms with Crippen molar-refractivity contribution >= 4 is 21.7 Å². The Labute approximate surface area is 205 Å². The molecule has 35 heavy (non-hydrogen) atoms. The lowest BCUT2D eigenvalue weighted by Crippen LogP contribution is -2.43. The fraction of sp³-hybridized carbons (Fsp3) is 0.259. The van der Waals surface area contributed by atoms with Crippen LogP contribution < -0.4 is 10.1 Å². The summed E-state index contributed by atoms with van der Waals surface area (Å²) in [7, 11) is -3.17. The van der Waals surface area contributed by atoms with E-state index >= 15 is 0 Å². The van der Waals surface area contributed by atoms with Crippen molar-refractivity contribution in [3.8, 4) is 5.75 Å². The Kier molecular flexibility index (Phi) is 7.82. The summed E-state index contributed by atoms with van der Waals surface area (Å²) in [4.78, 5) is 27.6. The number of sulfone groups is 1. The monoisotopic (exact) mass is 492 g/mol. The van der Waals surface area contributed by atoms with Crippen molar-refractivity contribution in [2.45, 2.75) is 25.6 Å². The molecule has 1 saturated heterocycles. The number of hydrogen-bond donors (Lipinski definition) is 1. The summed E-state index contributed by atoms with van der Waals surface area (Å²) < 4.78 is 29.9. The third-order valence-corrected chi connectivity index (χ3v) is 7.69. The van der Waals surface area contributed by atoms with Crippen LogP contribution in [0, 0.1) is 0 Å². The van der Waals surface area contributed by atoms with E-state index < -0.39 is 15.9 Å². The van der Waals surface area contributed by atoms with E-state index in [2.05, 4.69) is 5.32 Å². The molecule has 1 aliphatic rings. The van der Waals surface area contributed by atoms with Crippen molar-refractivity contribution in [2.75, 3.05) is 18.1 Å². The van der Waals surface area contributed by atoms with E-state index in [4.69, 9.17) is 4.74 Å². The molecule has 2 amide bonds. The zero-order valence-corrected chi connectivity index (χ0v) is 20.1. The maximum atomic E-state index is 13.2. The number of hydrogen-bond acceptors (Lipinski definition) is 5. The first-order chi connectivity index (χ1) is 16.9. The quantitative estimate of drug-likeness (QED) is 0.495. The van der Waals surface area contributed by atoms with Crippen LogP contribution in [0.4, 0.5) is 0 Å². The Morgan fingerprint density at radius 2 is 1.51 bits per heavy atom. The fourth-order valence-corrected chi connectivity index (χ4v) is 5.83. The van der Waals surface area contributed by atoms with E-state index in [1.165, 1.54) is 0 Å². The van der Waals surface area contributed by atoms with Gasteiger partial charge in [0, 0.05) is 19.1 Å². The summed E-state index contributed by atoms with van der Waals surface area (Å²) >= 11 is 0. The number of nitrogens with one attached hydrogen (secondary N) is 1. The maximum Gasteiger partial charge on any atom is 0.261 e. The molecule has 0 saturated carbocycles. The minimum absolute atomic E-state index is 0.0515. The predicted octanol–water partition coefficient (Wildman–Crippen LogP) is 3.21. The van der Waals surface area contributed by atoms with Crippen LogP contribution in [-0.4, -0.2) is 49.3 Å². The molecule has 0 radical (unpaired) electrons. The number of amides is 2. The Bertz CT molecular complexity index is 1260. The van der Waals surface area contributed by atoms with E-state index in [1.807, 2.05) is 60.7 Å². The molecule has 1 N–H and O–H groups in total. The molecule has 7 nitrogen and oxygen atoms in total. The van der Waals surface area contributed by atoms with E-state index in [-0.39, 0.29) is 29.9 Å². The van der Waals surface area contributed by atoms with Crippen LogP contribution in [0.25, 0.3) is 0 Å². The molecule has 4 rings (SSSR count). The third kappa shape index (κ3) is 6.70. The van der Waals surface area contributed by atoms with Gasteiger partial charge >= 0.3 is 0 Å². The second-order valence-electron chi connectivity index (χ2n) is 8.52. The van der Waals surface area contributed by atoms with Crippen molar-refractivity contribution in [1.82, 2.24) is 10.2 Å². The van der Waals surface area contributed by atoms with E-state index in [9.17, 15) is 18.0 Å². The molecular weight excluding hydrogens is 464 g/mol. The number of carbonyl (C=O) groups excluding carboxylic acids is 2. The highest BCUT2D eigenvalue weighted by Gasteiger charge is 2.35. The molecule has 3 aromatic rings. The Morgan fingerprint density at radius 1 is 0.886 bits per heavy atom. The van der Waals surface area contributed by atoms with Gasteiger partial charge in [-0.2, -0.15) is 0 Å². The number of para-hydroxylation sites is 1. The highest BCUT2D eigenvalue weighted by atomic mass is 32.2. The van der Waals surface area contributed by atoms with Gasteiger partial charge in [-0.15, -0.1) is 0 Å². The van der Waals surface area contributed by atoms with Crippen molar-refractivity contribution in [3.05, 3.63) is 102 Å². The summed E-state index contributed by atoms with van der Waals surface area (Å²) in [6.45, 7) is 0.364. The van der Waals surface area contributed by atoms with Gasteiger partial charge in [-0.1, -0.05) is 72.8 Å². The SMILES string of the molecule is O=C(NCc1ccccc1)c1ccccc1OCC(=O)N(Cc1ccccc1)[C@@H]1CCS(=O)(=O)C1. The minimum atomic E-state index is -3.17. The largest absolute Gasteiger partial charge is 0.483 e. The standard InChI is InChI=1S/C27H28N2O5S/c30-26(29(18-22-11-5-2-6-12-22)23-15-16-35(32,33)20-23)19-34-25-14-8-7-13-24(25)27(31)28-17-21-9-3-1-4-10-21/h1-14,23H,15-20H2,(H,28,31)/t23-/m1/s1. The summed E-state index contributed by atoms with van der Waals surface area (Å²) in [6.07, 6.45) is 0.402. The van der Waals surface area contributed by atoms with Gasteiger partial charge in [0.25, 0.3) is 11.8 Å². The second kappa shape index (κ2) is 11.2. The van der Waals surface area contributed by atoms with Crippen LogP contribution in [0.15, 0.2) is 84.9 Å². The average Bonchev–Trinajstić information content (AvgIpc) is 3.25. The smallest absolute Gasteiger partial charge is 0.261 e. The number of ether oxygens (including phenoxy) is 1. The van der Waals surface area contributed by atoms with Gasteiger partial charge in [0.15, 0.2) is 16.4 Å². The lowest BCUT2D eigenvalue weighted by Gasteiger charge is -2.28. The van der Waals surface area contributed by atoms with Gasteiger partial charge in [0.05, 0.1) is 17.1 Å². The zero-order chi connectivity index (χ0) is 24.7. The Balaban J connectivity index is 1.44. The molecule has 3 aromatic carbocycles. The summed E-state index contributed by atoms with van der Waals surface area (Å²) in [5.74, 6) is -0.313. The molecule has 8 heteroatoms. The topological polar surface area (TPSA) is 92.8 Å². The number of rotatable bonds is 9. The van der Waals surface area contributed by atoms with Crippen molar-refractivity contribution in [1.29, 1.82) is 0 Å². The van der Waals surface area contributed by atoms with Crippen LogP contribution in [-0.2, 0) is 27.7 Å². The molecule has 0 spiro atoms. The van der Waals surface area contributed by atoms with Gasteiger partial charge in [0.1, 0.15) is 5.75 Å². The molecule has 0 aliphatic carbocycles. The van der Waals surface area contributed by atoms with Gasteiger partial charge in [0.2, 0.25) is 0 Å². The van der Waals surface area contributed by atoms with Gasteiger partial charge in [-0.3, -0.25) is 9.59 Å². The number of benzene rings is 3. The van der Waals surface area contributed by atoms with E-state index in [0.29, 0.717) is 30.8 Å². The highest BCUT2D eigenvalue weighted by Crippen LogP contribution is 2.22. The third-order valence-electron chi connectivity index (χ3n) is 5.94. The lowest BCUT2D eigenvalue weighted by molar-refractivity contribution is -0.136. The van der Waals surface area contributed by atoms with Crippen LogP contribution >= 0.6 is 0 Å². The maximum absolute atomic E-state index is 13.2. The lowest BCUT2D eigenvalue weighted by atomic mass is 10.1. The van der Waals surface area contributed by atoms with Gasteiger partial charge < -0.3 is 15.0 Å². The molecule has 1 fully saturated rings. The first-order valence-corrected chi connectivity index (χ1v) is 13.3. The van der Waals surface area contributed by atoms with Crippen molar-refractivity contribution < 1.29 is 22.7 Å². The first-order valence-electron chi connectivity index (χ1n) is 11.5. The molecule has 0 unspecified atom stereocenters.